The van der Waals surface area contributed by atoms with Crippen LogP contribution in [0.25, 0.3) is 0 Å². The molecular weight excluding hydrogens is 184 g/mol. The highest BCUT2D eigenvalue weighted by molar-refractivity contribution is 6.03. The van der Waals surface area contributed by atoms with Crippen LogP contribution in [0.4, 0.5) is 5.69 Å². The van der Waals surface area contributed by atoms with Crippen molar-refractivity contribution < 1.29 is 0 Å². The van der Waals surface area contributed by atoms with E-state index in [0.29, 0.717) is 5.71 Å². The highest BCUT2D eigenvalue weighted by Crippen LogP contribution is 2.20. The van der Waals surface area contributed by atoms with Crippen molar-refractivity contribution in [1.82, 2.24) is 0 Å². The maximum Gasteiger partial charge on any atom is 0.0719 e. The first kappa shape index (κ1) is 11.6. The van der Waals surface area contributed by atoms with Crippen LogP contribution in [0, 0.1) is 5.41 Å². The van der Waals surface area contributed by atoms with Crippen LogP contribution in [0.2, 0.25) is 0 Å². The van der Waals surface area contributed by atoms with Gasteiger partial charge in [0.1, 0.15) is 0 Å². The van der Waals surface area contributed by atoms with Crippen molar-refractivity contribution in [3.05, 3.63) is 29.8 Å². The van der Waals surface area contributed by atoms with Crippen molar-refractivity contribution >= 4 is 17.1 Å². The molecule has 15 heavy (non-hydrogen) atoms. The van der Waals surface area contributed by atoms with E-state index in [1.165, 1.54) is 0 Å². The minimum Gasteiger partial charge on any atom is -0.305 e. The second-order valence-corrected chi connectivity index (χ2v) is 3.80. The number of nitrogens with one attached hydrogen (secondary N) is 1. The number of aliphatic imine (C=N–C) groups is 1. The molecule has 0 saturated heterocycles. The van der Waals surface area contributed by atoms with Gasteiger partial charge in [-0.05, 0) is 26.3 Å². The Morgan fingerprint density at radius 2 is 1.93 bits per heavy atom. The lowest BCUT2D eigenvalue weighted by atomic mass is 10.0. The molecule has 80 valence electrons. The summed E-state index contributed by atoms with van der Waals surface area (Å²) in [5.41, 5.74) is 3.57. The average Bonchev–Trinajstić information content (AvgIpc) is 2.18. The molecule has 2 heteroatoms. The summed E-state index contributed by atoms with van der Waals surface area (Å²) in [4.78, 5) is 4.44. The van der Waals surface area contributed by atoms with Gasteiger partial charge in [-0.15, -0.1) is 0 Å². The fourth-order valence-corrected chi connectivity index (χ4v) is 1.45. The zero-order chi connectivity index (χ0) is 11.3. The van der Waals surface area contributed by atoms with Crippen molar-refractivity contribution in [3.8, 4) is 0 Å². The maximum absolute atomic E-state index is 7.95. The molecule has 1 N–H and O–H groups in total. The highest BCUT2D eigenvalue weighted by atomic mass is 14.7. The predicted octanol–water partition coefficient (Wildman–Crippen LogP) is 3.97. The lowest BCUT2D eigenvalue weighted by molar-refractivity contribution is 0.986. The molecule has 0 aliphatic carbocycles. The van der Waals surface area contributed by atoms with Gasteiger partial charge < -0.3 is 5.41 Å². The molecule has 0 fully saturated rings. The molecule has 0 unspecified atom stereocenters. The Hall–Kier alpha value is -1.44. The Morgan fingerprint density at radius 1 is 1.27 bits per heavy atom. The van der Waals surface area contributed by atoms with E-state index in [2.05, 4.69) is 11.9 Å². The summed E-state index contributed by atoms with van der Waals surface area (Å²) in [5.74, 6) is 0. The van der Waals surface area contributed by atoms with Gasteiger partial charge in [-0.25, -0.2) is 0 Å². The predicted molar refractivity (Wildman–Crippen MR) is 66.6 cm³/mol. The van der Waals surface area contributed by atoms with Crippen molar-refractivity contribution in [2.75, 3.05) is 0 Å². The van der Waals surface area contributed by atoms with Gasteiger partial charge in [-0.1, -0.05) is 31.5 Å². The van der Waals surface area contributed by atoms with E-state index in [-0.39, 0.29) is 0 Å². The van der Waals surface area contributed by atoms with Crippen molar-refractivity contribution in [2.45, 2.75) is 33.6 Å². The summed E-state index contributed by atoms with van der Waals surface area (Å²) in [5, 5.41) is 7.95. The monoisotopic (exact) mass is 202 g/mol. The van der Waals surface area contributed by atoms with Crippen molar-refractivity contribution in [3.63, 3.8) is 0 Å². The summed E-state index contributed by atoms with van der Waals surface area (Å²) in [6.45, 7) is 6.03. The largest absolute Gasteiger partial charge is 0.305 e. The molecule has 0 aliphatic heterocycles. The minimum atomic E-state index is 0.679. The van der Waals surface area contributed by atoms with Gasteiger partial charge in [-0.3, -0.25) is 4.99 Å². The van der Waals surface area contributed by atoms with Crippen LogP contribution in [0.3, 0.4) is 0 Å². The molecule has 2 nitrogen and oxygen atoms in total. The van der Waals surface area contributed by atoms with E-state index in [9.17, 15) is 0 Å². The molecule has 0 aromatic heterocycles. The number of hydrogen-bond donors (Lipinski definition) is 1. The Bertz CT molecular complexity index is 374. The smallest absolute Gasteiger partial charge is 0.0719 e. The zero-order valence-electron chi connectivity index (χ0n) is 9.67. The van der Waals surface area contributed by atoms with E-state index in [1.54, 1.807) is 0 Å². The number of nitrogens with zero attached hydrogens (tertiary/aromatic N) is 1. The Kier molecular flexibility index (Phi) is 4.22. The standard InChI is InChI=1S/C13H18N2/c1-4-7-12(14)11-8-5-6-9-13(11)15-10(2)3/h5-6,8-9,14H,4,7H2,1-3H3. The first-order valence-corrected chi connectivity index (χ1v) is 5.34. The van der Waals surface area contributed by atoms with E-state index in [1.807, 2.05) is 38.1 Å². The van der Waals surface area contributed by atoms with Crippen LogP contribution >= 0.6 is 0 Å². The number of benzene rings is 1. The third kappa shape index (κ3) is 3.31. The average molecular weight is 202 g/mol. The van der Waals surface area contributed by atoms with Crippen LogP contribution in [0.1, 0.15) is 39.2 Å². The topological polar surface area (TPSA) is 36.2 Å². The number of hydrogen-bond acceptors (Lipinski definition) is 2. The third-order valence-electron chi connectivity index (χ3n) is 2.07. The van der Waals surface area contributed by atoms with E-state index < -0.39 is 0 Å². The molecule has 1 aromatic carbocycles. The Labute approximate surface area is 91.6 Å². The first-order chi connectivity index (χ1) is 7.15. The molecule has 0 heterocycles. The summed E-state index contributed by atoms with van der Waals surface area (Å²) in [6, 6.07) is 7.86. The lowest BCUT2D eigenvalue weighted by Gasteiger charge is -2.06. The third-order valence-corrected chi connectivity index (χ3v) is 2.07. The minimum absolute atomic E-state index is 0.679. The second-order valence-electron chi connectivity index (χ2n) is 3.80. The van der Waals surface area contributed by atoms with Gasteiger partial charge in [0, 0.05) is 17.0 Å². The normalized spacial score (nSPS) is 9.80. The van der Waals surface area contributed by atoms with Gasteiger partial charge in [0.15, 0.2) is 0 Å². The van der Waals surface area contributed by atoms with Crippen LogP contribution in [0.5, 0.6) is 0 Å². The molecule has 0 atom stereocenters. The summed E-state index contributed by atoms with van der Waals surface area (Å²) in [6.07, 6.45) is 1.82. The quantitative estimate of drug-likeness (QED) is 0.717. The fraction of sp³-hybridized carbons (Fsp3) is 0.385. The fourth-order valence-electron chi connectivity index (χ4n) is 1.45. The van der Waals surface area contributed by atoms with Crippen LogP contribution < -0.4 is 0 Å². The first-order valence-electron chi connectivity index (χ1n) is 5.34. The van der Waals surface area contributed by atoms with Gasteiger partial charge in [0.25, 0.3) is 0 Å². The zero-order valence-corrected chi connectivity index (χ0v) is 9.67. The molecule has 0 spiro atoms. The molecule has 0 bridgehead atoms. The van der Waals surface area contributed by atoms with Crippen molar-refractivity contribution in [1.29, 1.82) is 5.41 Å². The second kappa shape index (κ2) is 5.44. The lowest BCUT2D eigenvalue weighted by Crippen LogP contribution is -1.98. The van der Waals surface area contributed by atoms with Gasteiger partial charge in [0.2, 0.25) is 0 Å². The molecule has 0 saturated carbocycles. The summed E-state index contributed by atoms with van der Waals surface area (Å²) >= 11 is 0. The molecule has 0 aliphatic rings. The van der Waals surface area contributed by atoms with Crippen LogP contribution in [-0.4, -0.2) is 11.4 Å². The van der Waals surface area contributed by atoms with Crippen molar-refractivity contribution in [2.24, 2.45) is 4.99 Å². The van der Waals surface area contributed by atoms with Gasteiger partial charge in [0.05, 0.1) is 5.69 Å². The van der Waals surface area contributed by atoms with E-state index in [4.69, 9.17) is 5.41 Å². The van der Waals surface area contributed by atoms with Gasteiger partial charge in [-0.2, -0.15) is 0 Å². The summed E-state index contributed by atoms with van der Waals surface area (Å²) in [7, 11) is 0. The van der Waals surface area contributed by atoms with E-state index >= 15 is 0 Å². The SMILES string of the molecule is CCCC(=N)c1ccccc1N=C(C)C. The van der Waals surface area contributed by atoms with E-state index in [0.717, 1.165) is 29.8 Å². The van der Waals surface area contributed by atoms with Gasteiger partial charge >= 0.3 is 0 Å². The molecular formula is C13H18N2. The molecule has 1 aromatic rings. The van der Waals surface area contributed by atoms with Crippen LogP contribution in [0.15, 0.2) is 29.3 Å². The molecule has 0 radical (unpaired) electrons. The van der Waals surface area contributed by atoms with Crippen LogP contribution in [-0.2, 0) is 0 Å². The number of rotatable bonds is 4. The Morgan fingerprint density at radius 3 is 2.53 bits per heavy atom. The highest BCUT2D eigenvalue weighted by Gasteiger charge is 2.05. The number of para-hydroxylation sites is 1. The maximum atomic E-state index is 7.95. The Balaban J connectivity index is 3.06. The molecule has 0 amide bonds. The molecule has 1 rings (SSSR count). The summed E-state index contributed by atoms with van der Waals surface area (Å²) < 4.78 is 0.